The van der Waals surface area contributed by atoms with Crippen LogP contribution in [0, 0.1) is 0 Å². The predicted molar refractivity (Wildman–Crippen MR) is 183 cm³/mol. The largest absolute Gasteiger partial charge is 0.573 e. The van der Waals surface area contributed by atoms with E-state index < -0.39 is 6.36 Å². The molecule has 0 radical (unpaired) electrons. The van der Waals surface area contributed by atoms with Crippen LogP contribution in [0.1, 0.15) is 57.6 Å². The minimum atomic E-state index is -4.75. The average molecular weight is 681 g/mol. The van der Waals surface area contributed by atoms with E-state index in [0.29, 0.717) is 22.6 Å². The summed E-state index contributed by atoms with van der Waals surface area (Å²) >= 11 is 1.59. The molecular weight excluding hydrogens is 641 g/mol. The van der Waals surface area contributed by atoms with Gasteiger partial charge in [0.2, 0.25) is 0 Å². The zero-order valence-corrected chi connectivity index (χ0v) is 28.3. The summed E-state index contributed by atoms with van der Waals surface area (Å²) in [6, 6.07) is 19.0. The zero-order valence-electron chi connectivity index (χ0n) is 27.5. The highest BCUT2D eigenvalue weighted by Crippen LogP contribution is 2.37. The number of alkyl halides is 3. The number of thioether (sulfide) groups is 1. The quantitative estimate of drug-likeness (QED) is 0.180. The van der Waals surface area contributed by atoms with Crippen LogP contribution in [0.25, 0.3) is 17.1 Å². The molecule has 0 aliphatic carbocycles. The number of aliphatic imine (C=N–C) groups is 1. The maximum absolute atomic E-state index is 13.1. The summed E-state index contributed by atoms with van der Waals surface area (Å²) in [7, 11) is 1.65. The number of urea groups is 1. The van der Waals surface area contributed by atoms with Crippen LogP contribution < -0.4 is 19.7 Å². The smallest absolute Gasteiger partial charge is 0.497 e. The maximum atomic E-state index is 13.1. The van der Waals surface area contributed by atoms with Gasteiger partial charge in [-0.2, -0.15) is 4.99 Å². The Morgan fingerprint density at radius 2 is 1.77 bits per heavy atom. The lowest BCUT2D eigenvalue weighted by Gasteiger charge is -2.37. The highest BCUT2D eigenvalue weighted by Gasteiger charge is 2.31. The maximum Gasteiger partial charge on any atom is 0.573 e. The molecule has 48 heavy (non-hydrogen) atoms. The summed E-state index contributed by atoms with van der Waals surface area (Å²) in [5.41, 5.74) is 4.63. The van der Waals surface area contributed by atoms with Gasteiger partial charge in [-0.3, -0.25) is 0 Å². The number of amidine groups is 1. The van der Waals surface area contributed by atoms with Crippen molar-refractivity contribution in [2.45, 2.75) is 71.3 Å². The fraction of sp³-hybridized carbons (Fsp3) is 0.371. The molecule has 1 aliphatic heterocycles. The normalized spacial score (nSPS) is 16.6. The van der Waals surface area contributed by atoms with Crippen molar-refractivity contribution in [3.8, 4) is 28.6 Å². The van der Waals surface area contributed by atoms with Gasteiger partial charge in [-0.15, -0.1) is 18.3 Å². The molecule has 0 bridgehead atoms. The topological polar surface area (TPSA) is 93.9 Å². The Balaban J connectivity index is 1.18. The molecule has 4 aromatic rings. The van der Waals surface area contributed by atoms with Crippen LogP contribution >= 0.6 is 11.8 Å². The van der Waals surface area contributed by atoms with Crippen LogP contribution in [0.2, 0.25) is 0 Å². The lowest BCUT2D eigenvalue weighted by Crippen LogP contribution is -2.43. The zero-order chi connectivity index (χ0) is 34.4. The van der Waals surface area contributed by atoms with Crippen molar-refractivity contribution in [2.24, 2.45) is 4.99 Å². The van der Waals surface area contributed by atoms with Crippen molar-refractivity contribution in [3.05, 3.63) is 84.2 Å². The van der Waals surface area contributed by atoms with Crippen LogP contribution in [-0.4, -0.2) is 57.3 Å². The van der Waals surface area contributed by atoms with Crippen molar-refractivity contribution in [1.82, 2.24) is 20.1 Å². The Morgan fingerprint density at radius 3 is 2.44 bits per heavy atom. The summed E-state index contributed by atoms with van der Waals surface area (Å²) in [6.45, 7) is 8.44. The van der Waals surface area contributed by atoms with Gasteiger partial charge in [0.25, 0.3) is 0 Å². The second-order valence-corrected chi connectivity index (χ2v) is 13.0. The van der Waals surface area contributed by atoms with E-state index in [9.17, 15) is 18.0 Å². The summed E-state index contributed by atoms with van der Waals surface area (Å²) in [5.74, 6) is 2.12. The Morgan fingerprint density at radius 1 is 1.06 bits per heavy atom. The first-order chi connectivity index (χ1) is 22.9. The monoisotopic (exact) mass is 680 g/mol. The number of anilines is 1. The first kappa shape index (κ1) is 34.8. The SMILES string of the molecule is COc1ccc(C(C)C)c(N2/C(=N/C(=O)NC(C)CCc3ccc(-c4ncn(-c5ccc(OC(F)(F)F)cc5)n4)cc3)SCCC2C)c1. The molecule has 0 saturated carbocycles. The molecule has 3 aromatic carbocycles. The first-order valence-corrected chi connectivity index (χ1v) is 16.7. The third-order valence-corrected chi connectivity index (χ3v) is 8.99. The molecular formula is C35H39F3N6O3S. The van der Waals surface area contributed by atoms with Gasteiger partial charge >= 0.3 is 12.4 Å². The van der Waals surface area contributed by atoms with Crippen molar-refractivity contribution >= 4 is 28.6 Å². The van der Waals surface area contributed by atoms with Crippen molar-refractivity contribution in [1.29, 1.82) is 0 Å². The molecule has 2 heterocycles. The Hall–Kier alpha value is -4.52. The van der Waals surface area contributed by atoms with E-state index in [1.807, 2.05) is 43.3 Å². The lowest BCUT2D eigenvalue weighted by molar-refractivity contribution is -0.274. The molecule has 1 aromatic heterocycles. The standard InChI is InChI=1S/C35H39F3N6O3S/c1-22(2)30-17-16-29(46-5)20-31(30)44-24(4)18-19-48-34(44)41-33(45)40-23(3)6-7-25-8-10-26(11-9-25)32-39-21-43(42-32)27-12-14-28(15-13-27)47-35(36,37)38/h8-17,20-24H,6-7,18-19H2,1-5H3,(H,40,45)/b41-34-. The van der Waals surface area contributed by atoms with E-state index in [-0.39, 0.29) is 23.9 Å². The summed E-state index contributed by atoms with van der Waals surface area (Å²) in [6.07, 6.45) is -0.808. The second-order valence-electron chi connectivity index (χ2n) is 12.0. The number of aryl methyl sites for hydroxylation is 1. The van der Waals surface area contributed by atoms with Crippen LogP contribution in [0.5, 0.6) is 11.5 Å². The number of aromatic nitrogens is 3. The van der Waals surface area contributed by atoms with E-state index in [4.69, 9.17) is 4.74 Å². The number of benzene rings is 3. The first-order valence-electron chi connectivity index (χ1n) is 15.8. The van der Waals surface area contributed by atoms with Crippen LogP contribution in [-0.2, 0) is 6.42 Å². The second kappa shape index (κ2) is 15.1. The number of amides is 2. The number of ether oxygens (including phenoxy) is 2. The molecule has 9 nitrogen and oxygen atoms in total. The van der Waals surface area contributed by atoms with Gasteiger partial charge in [-0.05, 0) is 80.5 Å². The van der Waals surface area contributed by atoms with Gasteiger partial charge in [0.05, 0.1) is 18.5 Å². The number of methoxy groups -OCH3 is 1. The highest BCUT2D eigenvalue weighted by molar-refractivity contribution is 8.14. The van der Waals surface area contributed by atoms with Gasteiger partial charge in [0, 0.05) is 29.5 Å². The number of hydrogen-bond donors (Lipinski definition) is 1. The van der Waals surface area contributed by atoms with E-state index in [1.165, 1.54) is 40.8 Å². The van der Waals surface area contributed by atoms with Crippen molar-refractivity contribution in [2.75, 3.05) is 17.8 Å². The Labute approximate surface area is 282 Å². The molecule has 1 N–H and O–H groups in total. The van der Waals surface area contributed by atoms with Crippen molar-refractivity contribution < 1.29 is 27.4 Å². The number of carbonyl (C=O) groups is 1. The van der Waals surface area contributed by atoms with Crippen molar-refractivity contribution in [3.63, 3.8) is 0 Å². The molecule has 2 amide bonds. The van der Waals surface area contributed by atoms with E-state index >= 15 is 0 Å². The number of rotatable bonds is 10. The minimum absolute atomic E-state index is 0.102. The Kier molecular flexibility index (Phi) is 11.0. The Bertz CT molecular complexity index is 1720. The number of nitrogens with one attached hydrogen (secondary N) is 1. The molecule has 1 aliphatic rings. The van der Waals surface area contributed by atoms with Crippen LogP contribution in [0.15, 0.2) is 78.0 Å². The molecule has 1 saturated heterocycles. The molecule has 0 spiro atoms. The minimum Gasteiger partial charge on any atom is -0.497 e. The molecule has 2 unspecified atom stereocenters. The van der Waals surface area contributed by atoms with E-state index in [2.05, 4.69) is 56.9 Å². The molecule has 13 heteroatoms. The predicted octanol–water partition coefficient (Wildman–Crippen LogP) is 8.38. The summed E-state index contributed by atoms with van der Waals surface area (Å²) in [5, 5.41) is 8.19. The van der Waals surface area contributed by atoms with Crippen LogP contribution in [0.3, 0.4) is 0 Å². The number of carbonyl (C=O) groups excluding carboxylic acids is 1. The van der Waals surface area contributed by atoms with E-state index in [0.717, 1.165) is 47.6 Å². The lowest BCUT2D eigenvalue weighted by atomic mass is 9.99. The highest BCUT2D eigenvalue weighted by atomic mass is 32.2. The van der Waals surface area contributed by atoms with Gasteiger partial charge in [0.1, 0.15) is 17.8 Å². The summed E-state index contributed by atoms with van der Waals surface area (Å²) in [4.78, 5) is 24.2. The van der Waals surface area contributed by atoms with Crippen LogP contribution in [0.4, 0.5) is 23.7 Å². The van der Waals surface area contributed by atoms with Gasteiger partial charge in [-0.25, -0.2) is 14.5 Å². The average Bonchev–Trinajstić information content (AvgIpc) is 3.54. The molecule has 5 rings (SSSR count). The molecule has 1 fully saturated rings. The molecule has 2 atom stereocenters. The molecule has 254 valence electrons. The third-order valence-electron chi connectivity index (χ3n) is 8.00. The fourth-order valence-electron chi connectivity index (χ4n) is 5.41. The number of nitrogens with zero attached hydrogens (tertiary/aromatic N) is 5. The van der Waals surface area contributed by atoms with E-state index in [1.54, 1.807) is 18.9 Å². The van der Waals surface area contributed by atoms with Gasteiger partial charge in [-0.1, -0.05) is 55.9 Å². The third kappa shape index (κ3) is 8.88. The number of hydrogen-bond acceptors (Lipinski definition) is 6. The van der Waals surface area contributed by atoms with Gasteiger partial charge in [0.15, 0.2) is 11.0 Å². The summed E-state index contributed by atoms with van der Waals surface area (Å²) < 4.78 is 48.3. The number of halogens is 3. The fourth-order valence-corrected chi connectivity index (χ4v) is 6.61. The van der Waals surface area contributed by atoms with Gasteiger partial charge < -0.3 is 19.7 Å².